The van der Waals surface area contributed by atoms with E-state index in [9.17, 15) is 0 Å². The summed E-state index contributed by atoms with van der Waals surface area (Å²) in [4.78, 5) is 4.83. The van der Waals surface area contributed by atoms with Gasteiger partial charge in [0.25, 0.3) is 0 Å². The van der Waals surface area contributed by atoms with Crippen LogP contribution < -0.4 is 9.80 Å². The van der Waals surface area contributed by atoms with Crippen molar-refractivity contribution in [2.24, 2.45) is 23.7 Å². The summed E-state index contributed by atoms with van der Waals surface area (Å²) in [6.45, 7) is 0. The number of para-hydroxylation sites is 5. The van der Waals surface area contributed by atoms with E-state index >= 15 is 0 Å². The van der Waals surface area contributed by atoms with Crippen LogP contribution in [0.5, 0.6) is 0 Å². The zero-order valence-electron chi connectivity index (χ0n) is 34.4. The number of hydrogen-bond donors (Lipinski definition) is 0. The molecular formula is C58H49N3. The summed E-state index contributed by atoms with van der Waals surface area (Å²) >= 11 is 0. The number of rotatable bonds is 9. The van der Waals surface area contributed by atoms with E-state index in [1.54, 1.807) is 0 Å². The first-order chi connectivity index (χ1) is 30.2. The van der Waals surface area contributed by atoms with Gasteiger partial charge in [0.15, 0.2) is 0 Å². The third-order valence-corrected chi connectivity index (χ3v) is 14.6. The Morgan fingerprint density at radius 2 is 0.738 bits per heavy atom. The monoisotopic (exact) mass is 787 g/mol. The zero-order valence-corrected chi connectivity index (χ0v) is 34.4. The summed E-state index contributed by atoms with van der Waals surface area (Å²) in [5.74, 6) is 3.04. The average molecular weight is 788 g/mol. The zero-order chi connectivity index (χ0) is 40.3. The summed E-state index contributed by atoms with van der Waals surface area (Å²) < 4.78 is 2.40. The first-order valence-corrected chi connectivity index (χ1v) is 22.3. The van der Waals surface area contributed by atoms with Crippen LogP contribution in [0.3, 0.4) is 0 Å². The van der Waals surface area contributed by atoms with Crippen molar-refractivity contribution >= 4 is 55.9 Å². The van der Waals surface area contributed by atoms with Crippen LogP contribution in [0.1, 0.15) is 43.2 Å². The topological polar surface area (TPSA) is 11.4 Å². The van der Waals surface area contributed by atoms with Crippen LogP contribution in [0.4, 0.5) is 34.1 Å². The normalized spacial score (nSPS) is 21.5. The highest BCUT2D eigenvalue weighted by atomic mass is 15.1. The van der Waals surface area contributed by atoms with Crippen LogP contribution in [0.25, 0.3) is 27.5 Å². The standard InChI is InChI=1S/C58H49N3/c1-5-15-47(16-6-1)59(48-17-7-2-8-18-48)51-29-25-43(26-30-51)58(45-36-41-35-42(38-45)39-46(58)37-41)44-27-31-52(32-28-44)60(49-19-9-3-10-20-49)53-33-34-57-55(40-53)54-23-13-14-24-56(54)61(57)50-21-11-4-12-22-50/h1-34,40-42,45-46H,35-39H2. The highest BCUT2D eigenvalue weighted by molar-refractivity contribution is 6.10. The molecule has 0 aliphatic heterocycles. The van der Waals surface area contributed by atoms with Crippen LogP contribution >= 0.6 is 0 Å². The maximum Gasteiger partial charge on any atom is 0.0542 e. The lowest BCUT2D eigenvalue weighted by molar-refractivity contribution is -0.0418. The molecule has 8 aromatic carbocycles. The van der Waals surface area contributed by atoms with Crippen molar-refractivity contribution in [2.45, 2.75) is 37.5 Å². The Kier molecular flexibility index (Phi) is 8.69. The fourth-order valence-corrected chi connectivity index (χ4v) is 12.4. The minimum atomic E-state index is -0.00937. The van der Waals surface area contributed by atoms with Crippen molar-refractivity contribution in [1.29, 1.82) is 0 Å². The Bertz CT molecular complexity index is 2890. The van der Waals surface area contributed by atoms with Crippen LogP contribution in [0, 0.1) is 23.7 Å². The van der Waals surface area contributed by atoms with Crippen molar-refractivity contribution < 1.29 is 0 Å². The van der Waals surface area contributed by atoms with Crippen molar-refractivity contribution in [3.8, 4) is 5.69 Å². The van der Waals surface area contributed by atoms with Crippen LogP contribution in [-0.2, 0) is 5.41 Å². The fourth-order valence-electron chi connectivity index (χ4n) is 12.4. The molecule has 13 rings (SSSR count). The SMILES string of the molecule is c1ccc(N(c2ccccc2)c2ccc(C3(c4ccc(N(c5ccccc5)c5ccc6c(c5)c5ccccc5n6-c5ccccc5)cc4)C4CC5CC(C4)CC3C5)cc2)cc1. The maximum atomic E-state index is 2.50. The first-order valence-electron chi connectivity index (χ1n) is 22.3. The molecule has 4 aliphatic rings. The highest BCUT2D eigenvalue weighted by Crippen LogP contribution is 2.65. The molecule has 4 fully saturated rings. The molecule has 0 spiro atoms. The summed E-state index contributed by atoms with van der Waals surface area (Å²) in [5.41, 5.74) is 13.6. The average Bonchev–Trinajstić information content (AvgIpc) is 3.65. The van der Waals surface area contributed by atoms with Gasteiger partial charge >= 0.3 is 0 Å². The molecule has 61 heavy (non-hydrogen) atoms. The molecule has 9 aromatic rings. The van der Waals surface area contributed by atoms with E-state index in [-0.39, 0.29) is 5.41 Å². The molecule has 3 heteroatoms. The Morgan fingerprint density at radius 3 is 1.25 bits per heavy atom. The van der Waals surface area contributed by atoms with Crippen molar-refractivity contribution in [3.63, 3.8) is 0 Å². The van der Waals surface area contributed by atoms with E-state index in [4.69, 9.17) is 0 Å². The van der Waals surface area contributed by atoms with E-state index in [0.29, 0.717) is 11.8 Å². The second-order valence-corrected chi connectivity index (χ2v) is 17.8. The molecule has 4 saturated carbocycles. The number of anilines is 6. The number of hydrogen-bond acceptors (Lipinski definition) is 2. The van der Waals surface area contributed by atoms with E-state index in [0.717, 1.165) is 23.2 Å². The maximum absolute atomic E-state index is 2.50. The van der Waals surface area contributed by atoms with Crippen LogP contribution in [0.2, 0.25) is 0 Å². The summed E-state index contributed by atoms with van der Waals surface area (Å²) in [7, 11) is 0. The minimum absolute atomic E-state index is 0.00937. The highest BCUT2D eigenvalue weighted by Gasteiger charge is 2.58. The molecule has 0 N–H and O–H groups in total. The van der Waals surface area contributed by atoms with Gasteiger partial charge in [0, 0.05) is 56.0 Å². The van der Waals surface area contributed by atoms with Crippen LogP contribution in [-0.4, -0.2) is 4.57 Å². The Morgan fingerprint density at radius 1 is 0.344 bits per heavy atom. The minimum Gasteiger partial charge on any atom is -0.311 e. The third-order valence-electron chi connectivity index (χ3n) is 14.6. The Hall–Kier alpha value is -6.84. The molecule has 0 amide bonds. The number of nitrogens with zero attached hydrogens (tertiary/aromatic N) is 3. The lowest BCUT2D eigenvalue weighted by atomic mass is 9.42. The Balaban J connectivity index is 0.967. The summed E-state index contributed by atoms with van der Waals surface area (Å²) in [6.07, 6.45) is 6.78. The van der Waals surface area contributed by atoms with Gasteiger partial charge in [-0.15, -0.1) is 0 Å². The summed E-state index contributed by atoms with van der Waals surface area (Å²) in [5, 5.41) is 2.51. The van der Waals surface area contributed by atoms with Gasteiger partial charge in [0.2, 0.25) is 0 Å². The van der Waals surface area contributed by atoms with Gasteiger partial charge in [0.05, 0.1) is 11.0 Å². The largest absolute Gasteiger partial charge is 0.311 e. The molecular weight excluding hydrogens is 739 g/mol. The second kappa shape index (κ2) is 14.7. The molecule has 296 valence electrons. The Labute approximate surface area is 359 Å². The van der Waals surface area contributed by atoms with Gasteiger partial charge in [-0.3, -0.25) is 0 Å². The third kappa shape index (κ3) is 5.93. The molecule has 0 atom stereocenters. The summed E-state index contributed by atoms with van der Waals surface area (Å²) in [6, 6.07) is 78.6. The molecule has 1 aromatic heterocycles. The smallest absolute Gasteiger partial charge is 0.0542 e. The van der Waals surface area contributed by atoms with Crippen molar-refractivity contribution in [2.75, 3.05) is 9.80 Å². The first kappa shape index (κ1) is 36.0. The van der Waals surface area contributed by atoms with Gasteiger partial charge in [-0.25, -0.2) is 0 Å². The molecule has 1 heterocycles. The quantitative estimate of drug-likeness (QED) is 0.144. The number of fused-ring (bicyclic) bond motifs is 3. The lowest BCUT2D eigenvalue weighted by Gasteiger charge is -2.62. The van der Waals surface area contributed by atoms with Gasteiger partial charge in [0.1, 0.15) is 0 Å². The van der Waals surface area contributed by atoms with E-state index in [1.165, 1.54) is 93.5 Å². The predicted octanol–water partition coefficient (Wildman–Crippen LogP) is 15.5. The molecule has 4 bridgehead atoms. The van der Waals surface area contributed by atoms with E-state index in [2.05, 4.69) is 227 Å². The van der Waals surface area contributed by atoms with E-state index < -0.39 is 0 Å². The molecule has 4 aliphatic carbocycles. The van der Waals surface area contributed by atoms with Gasteiger partial charge in [-0.2, -0.15) is 0 Å². The van der Waals surface area contributed by atoms with E-state index in [1.807, 2.05) is 0 Å². The van der Waals surface area contributed by atoms with Gasteiger partial charge < -0.3 is 14.4 Å². The molecule has 3 nitrogen and oxygen atoms in total. The lowest BCUT2D eigenvalue weighted by Crippen LogP contribution is -2.56. The second-order valence-electron chi connectivity index (χ2n) is 17.8. The predicted molar refractivity (Wildman–Crippen MR) is 254 cm³/mol. The van der Waals surface area contributed by atoms with Gasteiger partial charge in [-0.05, 0) is 164 Å². The molecule has 0 radical (unpaired) electrons. The number of benzene rings is 8. The molecule has 0 saturated heterocycles. The fraction of sp³-hybridized carbons (Fsp3) is 0.172. The van der Waals surface area contributed by atoms with Crippen molar-refractivity contribution in [1.82, 2.24) is 4.57 Å². The van der Waals surface area contributed by atoms with Crippen molar-refractivity contribution in [3.05, 3.63) is 223 Å². The van der Waals surface area contributed by atoms with Crippen LogP contribution in [0.15, 0.2) is 212 Å². The van der Waals surface area contributed by atoms with Gasteiger partial charge in [-0.1, -0.05) is 115 Å². The number of aromatic nitrogens is 1. The molecule has 0 unspecified atom stereocenters.